The van der Waals surface area contributed by atoms with Gasteiger partial charge in [-0.15, -0.1) is 0 Å². The van der Waals surface area contributed by atoms with Gasteiger partial charge in [-0.1, -0.05) is 6.08 Å². The zero-order valence-electron chi connectivity index (χ0n) is 13.5. The molecule has 0 amide bonds. The Balaban J connectivity index is 2.61. The highest BCUT2D eigenvalue weighted by atomic mass is 16.8. The summed E-state index contributed by atoms with van der Waals surface area (Å²) in [4.78, 5) is 11.3. The van der Waals surface area contributed by atoms with Gasteiger partial charge >= 0.3 is 5.97 Å². The van der Waals surface area contributed by atoms with Crippen LogP contribution in [0, 0.1) is 0 Å². The highest BCUT2D eigenvalue weighted by Gasteiger charge is 2.42. The Morgan fingerprint density at radius 1 is 1.38 bits per heavy atom. The van der Waals surface area contributed by atoms with Gasteiger partial charge in [-0.25, -0.2) is 4.79 Å². The number of carbonyl (C=O) groups excluding carboxylic acids is 1. The SMILES string of the molecule is CCOC(=O)/C=C/C[C@@H](OCOC)[C@@H]1OC(C)(C)O[C@@H]1C. The van der Waals surface area contributed by atoms with Gasteiger partial charge in [-0.2, -0.15) is 0 Å². The number of esters is 1. The maximum Gasteiger partial charge on any atom is 0.330 e. The van der Waals surface area contributed by atoms with Crippen LogP contribution in [0.2, 0.25) is 0 Å². The number of ether oxygens (including phenoxy) is 5. The molecule has 0 unspecified atom stereocenters. The maximum absolute atomic E-state index is 11.3. The second-order valence-electron chi connectivity index (χ2n) is 5.31. The molecule has 1 aliphatic heterocycles. The first kappa shape index (κ1) is 18.1. The van der Waals surface area contributed by atoms with E-state index in [1.807, 2.05) is 20.8 Å². The minimum absolute atomic E-state index is 0.0992. The van der Waals surface area contributed by atoms with Crippen LogP contribution in [0.25, 0.3) is 0 Å². The molecule has 1 fully saturated rings. The van der Waals surface area contributed by atoms with Crippen molar-refractivity contribution in [1.82, 2.24) is 0 Å². The highest BCUT2D eigenvalue weighted by Crippen LogP contribution is 2.31. The highest BCUT2D eigenvalue weighted by molar-refractivity contribution is 5.81. The van der Waals surface area contributed by atoms with Gasteiger partial charge in [0, 0.05) is 13.2 Å². The summed E-state index contributed by atoms with van der Waals surface area (Å²) < 4.78 is 27.0. The molecule has 3 atom stereocenters. The molecule has 0 N–H and O–H groups in total. The van der Waals surface area contributed by atoms with E-state index in [2.05, 4.69) is 0 Å². The molecule has 21 heavy (non-hydrogen) atoms. The standard InChI is InChI=1S/C15H26O6/c1-6-18-13(16)9-7-8-12(19-10-17-5)14-11(2)20-15(3,4)21-14/h7,9,11-12,14H,6,8,10H2,1-5H3/b9-7+/t11-,12-,14-/m1/s1. The molecule has 0 spiro atoms. The summed E-state index contributed by atoms with van der Waals surface area (Å²) in [5.41, 5.74) is 0. The summed E-state index contributed by atoms with van der Waals surface area (Å²) >= 11 is 0. The van der Waals surface area contributed by atoms with Crippen molar-refractivity contribution >= 4 is 5.97 Å². The predicted octanol–water partition coefficient (Wildman–Crippen LogP) is 2.02. The quantitative estimate of drug-likeness (QED) is 0.388. The van der Waals surface area contributed by atoms with Crippen molar-refractivity contribution in [3.8, 4) is 0 Å². The molecule has 0 bridgehead atoms. The average Bonchev–Trinajstić information content (AvgIpc) is 2.67. The molecule has 1 heterocycles. The number of hydrogen-bond acceptors (Lipinski definition) is 6. The van der Waals surface area contributed by atoms with E-state index in [-0.39, 0.29) is 31.1 Å². The Morgan fingerprint density at radius 3 is 2.62 bits per heavy atom. The third-order valence-electron chi connectivity index (χ3n) is 3.03. The van der Waals surface area contributed by atoms with Gasteiger partial charge < -0.3 is 23.7 Å². The summed E-state index contributed by atoms with van der Waals surface area (Å²) in [6, 6.07) is 0. The van der Waals surface area contributed by atoms with Crippen LogP contribution < -0.4 is 0 Å². The smallest absolute Gasteiger partial charge is 0.330 e. The molecule has 0 aliphatic carbocycles. The Morgan fingerprint density at radius 2 is 2.10 bits per heavy atom. The molecule has 0 radical (unpaired) electrons. The molecule has 1 saturated heterocycles. The van der Waals surface area contributed by atoms with E-state index in [9.17, 15) is 4.79 Å². The molecular formula is C15H26O6. The van der Waals surface area contributed by atoms with E-state index in [1.165, 1.54) is 6.08 Å². The first-order valence-corrected chi connectivity index (χ1v) is 7.19. The Hall–Kier alpha value is -0.950. The summed E-state index contributed by atoms with van der Waals surface area (Å²) in [5.74, 6) is -0.996. The first-order valence-electron chi connectivity index (χ1n) is 7.19. The monoisotopic (exact) mass is 302 g/mol. The van der Waals surface area contributed by atoms with Crippen LogP contribution in [0.1, 0.15) is 34.1 Å². The topological polar surface area (TPSA) is 63.2 Å². The van der Waals surface area contributed by atoms with Gasteiger partial charge in [0.25, 0.3) is 0 Å². The minimum atomic E-state index is -0.635. The van der Waals surface area contributed by atoms with Crippen LogP contribution in [0.3, 0.4) is 0 Å². The van der Waals surface area contributed by atoms with Crippen LogP contribution in [0.5, 0.6) is 0 Å². The van der Waals surface area contributed by atoms with Crippen LogP contribution in [-0.2, 0) is 28.5 Å². The number of hydrogen-bond donors (Lipinski definition) is 0. The van der Waals surface area contributed by atoms with E-state index >= 15 is 0 Å². The van der Waals surface area contributed by atoms with Crippen molar-refractivity contribution in [2.75, 3.05) is 20.5 Å². The fraction of sp³-hybridized carbons (Fsp3) is 0.800. The largest absolute Gasteiger partial charge is 0.463 e. The third-order valence-corrected chi connectivity index (χ3v) is 3.03. The molecule has 1 rings (SSSR count). The molecule has 6 heteroatoms. The number of rotatable bonds is 8. The molecule has 1 aliphatic rings. The fourth-order valence-corrected chi connectivity index (χ4v) is 2.29. The lowest BCUT2D eigenvalue weighted by molar-refractivity contribution is -0.169. The van der Waals surface area contributed by atoms with E-state index in [1.54, 1.807) is 20.1 Å². The fourth-order valence-electron chi connectivity index (χ4n) is 2.29. The normalized spacial score (nSPS) is 26.1. The van der Waals surface area contributed by atoms with Gasteiger partial charge in [-0.05, 0) is 34.1 Å². The van der Waals surface area contributed by atoms with Gasteiger partial charge in [0.05, 0.1) is 18.8 Å². The van der Waals surface area contributed by atoms with Crippen molar-refractivity contribution < 1.29 is 28.5 Å². The summed E-state index contributed by atoms with van der Waals surface area (Å²) in [6.07, 6.45) is 3.06. The lowest BCUT2D eigenvalue weighted by atomic mass is 10.1. The summed E-state index contributed by atoms with van der Waals surface area (Å²) in [5, 5.41) is 0. The van der Waals surface area contributed by atoms with E-state index in [0.717, 1.165) is 0 Å². The van der Waals surface area contributed by atoms with Crippen LogP contribution in [0.15, 0.2) is 12.2 Å². The van der Waals surface area contributed by atoms with E-state index < -0.39 is 5.79 Å². The van der Waals surface area contributed by atoms with Crippen molar-refractivity contribution in [1.29, 1.82) is 0 Å². The van der Waals surface area contributed by atoms with Gasteiger partial charge in [-0.3, -0.25) is 0 Å². The molecule has 6 nitrogen and oxygen atoms in total. The van der Waals surface area contributed by atoms with Crippen molar-refractivity contribution in [2.45, 2.75) is 58.2 Å². The number of carbonyl (C=O) groups is 1. The summed E-state index contributed by atoms with van der Waals surface area (Å²) in [7, 11) is 1.56. The second kappa shape index (κ2) is 8.48. The lowest BCUT2D eigenvalue weighted by Crippen LogP contribution is -2.36. The van der Waals surface area contributed by atoms with Gasteiger partial charge in [0.2, 0.25) is 0 Å². The van der Waals surface area contributed by atoms with Gasteiger partial charge in [0.15, 0.2) is 5.79 Å². The average molecular weight is 302 g/mol. The molecule has 0 aromatic heterocycles. The first-order chi connectivity index (χ1) is 9.89. The molecule has 0 aromatic rings. The van der Waals surface area contributed by atoms with Crippen LogP contribution in [-0.4, -0.2) is 50.6 Å². The third kappa shape index (κ3) is 6.13. The Bertz CT molecular complexity index is 352. The zero-order valence-corrected chi connectivity index (χ0v) is 13.5. The Kier molecular flexibility index (Phi) is 7.31. The molecule has 0 aromatic carbocycles. The maximum atomic E-state index is 11.3. The lowest BCUT2D eigenvalue weighted by Gasteiger charge is -2.24. The van der Waals surface area contributed by atoms with Crippen molar-refractivity contribution in [3.05, 3.63) is 12.2 Å². The Labute approximate surface area is 126 Å². The number of methoxy groups -OCH3 is 1. The summed E-state index contributed by atoms with van der Waals surface area (Å²) in [6.45, 7) is 7.96. The zero-order chi connectivity index (χ0) is 15.9. The molecule has 0 saturated carbocycles. The van der Waals surface area contributed by atoms with Gasteiger partial charge in [0.1, 0.15) is 12.9 Å². The van der Waals surface area contributed by atoms with Crippen molar-refractivity contribution in [3.63, 3.8) is 0 Å². The van der Waals surface area contributed by atoms with Crippen LogP contribution in [0.4, 0.5) is 0 Å². The van der Waals surface area contributed by atoms with E-state index in [0.29, 0.717) is 13.0 Å². The van der Waals surface area contributed by atoms with E-state index in [4.69, 9.17) is 23.7 Å². The molecule has 122 valence electrons. The molecular weight excluding hydrogens is 276 g/mol. The minimum Gasteiger partial charge on any atom is -0.463 e. The van der Waals surface area contributed by atoms with Crippen molar-refractivity contribution in [2.24, 2.45) is 0 Å². The predicted molar refractivity (Wildman–Crippen MR) is 76.6 cm³/mol. The second-order valence-corrected chi connectivity index (χ2v) is 5.31. The van der Waals surface area contributed by atoms with Crippen LogP contribution >= 0.6 is 0 Å².